The van der Waals surface area contributed by atoms with Gasteiger partial charge in [0, 0.05) is 12.6 Å². The van der Waals surface area contributed by atoms with Crippen LogP contribution in [0.25, 0.3) is 0 Å². The third-order valence-electron chi connectivity index (χ3n) is 1.69. The minimum atomic E-state index is 0.150. The van der Waals surface area contributed by atoms with Gasteiger partial charge in [-0.2, -0.15) is 5.26 Å². The van der Waals surface area contributed by atoms with Crippen LogP contribution in [0.5, 0.6) is 0 Å². The van der Waals surface area contributed by atoms with Crippen molar-refractivity contribution < 1.29 is 0 Å². The van der Waals surface area contributed by atoms with Crippen LogP contribution in [0.15, 0.2) is 27.8 Å². The summed E-state index contributed by atoms with van der Waals surface area (Å²) in [6.45, 7) is 7.45. The molecule has 2 nitrogen and oxygen atoms in total. The summed E-state index contributed by atoms with van der Waals surface area (Å²) in [5.74, 6) is 0.150. The van der Waals surface area contributed by atoms with E-state index in [0.717, 1.165) is 14.7 Å². The number of hydrogen-bond donors (Lipinski definition) is 0. The SMILES string of the molecule is C=C/N=C(Br)\C(=C(/C)Br)[C@H](C)CC#N. The molecule has 0 aromatic rings. The molecule has 0 saturated heterocycles. The molecule has 0 aliphatic carbocycles. The second kappa shape index (κ2) is 6.97. The van der Waals surface area contributed by atoms with Gasteiger partial charge in [-0.25, -0.2) is 4.99 Å². The van der Waals surface area contributed by atoms with E-state index in [2.05, 4.69) is 49.5 Å². The van der Waals surface area contributed by atoms with Crippen LogP contribution in [-0.4, -0.2) is 4.62 Å². The normalized spacial score (nSPS) is 15.5. The molecule has 1 atom stereocenters. The molecular formula is C10H12Br2N2. The van der Waals surface area contributed by atoms with E-state index < -0.39 is 0 Å². The van der Waals surface area contributed by atoms with Crippen molar-refractivity contribution in [2.45, 2.75) is 20.3 Å². The van der Waals surface area contributed by atoms with Crippen molar-refractivity contribution in [1.29, 1.82) is 5.26 Å². The summed E-state index contributed by atoms with van der Waals surface area (Å²) in [6.07, 6.45) is 1.94. The number of halogens is 2. The van der Waals surface area contributed by atoms with Gasteiger partial charge >= 0.3 is 0 Å². The highest BCUT2D eigenvalue weighted by Crippen LogP contribution is 2.25. The summed E-state index contributed by atoms with van der Waals surface area (Å²) in [4.78, 5) is 4.05. The first kappa shape index (κ1) is 13.6. The zero-order valence-electron chi connectivity index (χ0n) is 8.22. The first-order chi connectivity index (χ1) is 6.54. The number of nitrogens with zero attached hydrogens (tertiary/aromatic N) is 2. The van der Waals surface area contributed by atoms with E-state index in [1.54, 1.807) is 0 Å². The molecule has 76 valence electrons. The van der Waals surface area contributed by atoms with Gasteiger partial charge in [-0.05, 0) is 38.8 Å². The first-order valence-electron chi connectivity index (χ1n) is 4.12. The molecule has 0 amide bonds. The predicted octanol–water partition coefficient (Wildman–Crippen LogP) is 4.14. The highest BCUT2D eigenvalue weighted by atomic mass is 79.9. The molecule has 0 spiro atoms. The molecule has 0 aliphatic heterocycles. The summed E-state index contributed by atoms with van der Waals surface area (Å²) in [5.41, 5.74) is 1.01. The molecule has 0 aromatic carbocycles. The fraction of sp³-hybridized carbons (Fsp3) is 0.400. The van der Waals surface area contributed by atoms with Crippen LogP contribution in [0.2, 0.25) is 0 Å². The molecule has 0 rings (SSSR count). The van der Waals surface area contributed by atoms with Gasteiger partial charge in [-0.3, -0.25) is 0 Å². The molecule has 0 radical (unpaired) electrons. The second-order valence-corrected chi connectivity index (χ2v) is 4.75. The zero-order valence-corrected chi connectivity index (χ0v) is 11.4. The molecule has 0 N–H and O–H groups in total. The minimum absolute atomic E-state index is 0.150. The van der Waals surface area contributed by atoms with Crippen molar-refractivity contribution in [3.8, 4) is 6.07 Å². The quantitative estimate of drug-likeness (QED) is 0.717. The number of rotatable bonds is 4. The van der Waals surface area contributed by atoms with Gasteiger partial charge in [-0.1, -0.05) is 29.4 Å². The second-order valence-electron chi connectivity index (χ2n) is 2.81. The van der Waals surface area contributed by atoms with Crippen LogP contribution in [0, 0.1) is 17.2 Å². The molecule has 0 aliphatic rings. The van der Waals surface area contributed by atoms with Crippen molar-refractivity contribution in [2.24, 2.45) is 10.9 Å². The van der Waals surface area contributed by atoms with Crippen molar-refractivity contribution in [3.05, 3.63) is 22.8 Å². The van der Waals surface area contributed by atoms with Crippen molar-refractivity contribution in [3.63, 3.8) is 0 Å². The monoisotopic (exact) mass is 318 g/mol. The van der Waals surface area contributed by atoms with Gasteiger partial charge in [-0.15, -0.1) is 0 Å². The third-order valence-corrected chi connectivity index (χ3v) is 2.75. The summed E-state index contributed by atoms with van der Waals surface area (Å²) in [6, 6.07) is 2.14. The standard InChI is InChI=1S/C10H12Br2N2/c1-4-14-10(12)9(8(3)11)7(2)5-6-13/h4,7H,1,5H2,2-3H3/b9-8+,14-10+/t7-/m1/s1. The minimum Gasteiger partial charge on any atom is -0.250 e. The van der Waals surface area contributed by atoms with Crippen molar-refractivity contribution in [2.75, 3.05) is 0 Å². The fourth-order valence-corrected chi connectivity index (χ4v) is 2.75. The van der Waals surface area contributed by atoms with E-state index in [4.69, 9.17) is 5.26 Å². The predicted molar refractivity (Wildman–Crippen MR) is 67.6 cm³/mol. The number of nitriles is 1. The Balaban J connectivity index is 5.00. The van der Waals surface area contributed by atoms with Crippen molar-refractivity contribution >= 4 is 36.5 Å². The van der Waals surface area contributed by atoms with Gasteiger partial charge in [0.2, 0.25) is 0 Å². The van der Waals surface area contributed by atoms with Crippen LogP contribution < -0.4 is 0 Å². The lowest BCUT2D eigenvalue weighted by molar-refractivity contribution is 0.729. The molecule has 0 heterocycles. The van der Waals surface area contributed by atoms with E-state index in [1.807, 2.05) is 13.8 Å². The molecule has 0 saturated carbocycles. The smallest absolute Gasteiger partial charge is 0.110 e. The summed E-state index contributed by atoms with van der Waals surface area (Å²) < 4.78 is 1.71. The molecule has 14 heavy (non-hydrogen) atoms. The zero-order chi connectivity index (χ0) is 11.1. The Morgan fingerprint density at radius 3 is 2.57 bits per heavy atom. The largest absolute Gasteiger partial charge is 0.250 e. The fourth-order valence-electron chi connectivity index (χ4n) is 1.07. The maximum absolute atomic E-state index is 8.62. The van der Waals surface area contributed by atoms with Crippen LogP contribution in [0.1, 0.15) is 20.3 Å². The Morgan fingerprint density at radius 2 is 2.21 bits per heavy atom. The van der Waals surface area contributed by atoms with Gasteiger partial charge < -0.3 is 0 Å². The molecule has 0 unspecified atom stereocenters. The van der Waals surface area contributed by atoms with Crippen LogP contribution in [0.4, 0.5) is 0 Å². The lowest BCUT2D eigenvalue weighted by atomic mass is 9.99. The molecule has 0 aromatic heterocycles. The average Bonchev–Trinajstić information content (AvgIpc) is 2.04. The van der Waals surface area contributed by atoms with E-state index in [-0.39, 0.29) is 5.92 Å². The van der Waals surface area contributed by atoms with Crippen molar-refractivity contribution in [1.82, 2.24) is 0 Å². The van der Waals surface area contributed by atoms with Crippen LogP contribution >= 0.6 is 31.9 Å². The number of aliphatic imine (C=N–C) groups is 1. The Kier molecular flexibility index (Phi) is 6.77. The highest BCUT2D eigenvalue weighted by molar-refractivity contribution is 9.18. The number of hydrogen-bond acceptors (Lipinski definition) is 2. The van der Waals surface area contributed by atoms with Crippen LogP contribution in [0.3, 0.4) is 0 Å². The third kappa shape index (κ3) is 4.21. The van der Waals surface area contributed by atoms with Gasteiger partial charge in [0.05, 0.1) is 6.07 Å². The molecule has 0 fully saturated rings. The summed E-state index contributed by atoms with van der Waals surface area (Å²) in [5, 5.41) is 8.62. The van der Waals surface area contributed by atoms with E-state index >= 15 is 0 Å². The lowest BCUT2D eigenvalue weighted by Crippen LogP contribution is -2.06. The summed E-state index contributed by atoms with van der Waals surface area (Å²) >= 11 is 6.76. The van der Waals surface area contributed by atoms with Gasteiger partial charge in [0.1, 0.15) is 4.62 Å². The van der Waals surface area contributed by atoms with Gasteiger partial charge in [0.15, 0.2) is 0 Å². The lowest BCUT2D eigenvalue weighted by Gasteiger charge is -2.12. The number of allylic oxidation sites excluding steroid dienone is 2. The molecule has 0 bridgehead atoms. The van der Waals surface area contributed by atoms with E-state index in [0.29, 0.717) is 6.42 Å². The Bertz CT molecular complexity index is 307. The highest BCUT2D eigenvalue weighted by Gasteiger charge is 2.14. The molecular weight excluding hydrogens is 308 g/mol. The summed E-state index contributed by atoms with van der Waals surface area (Å²) in [7, 11) is 0. The topological polar surface area (TPSA) is 36.1 Å². The van der Waals surface area contributed by atoms with Gasteiger partial charge in [0.25, 0.3) is 0 Å². The molecule has 4 heteroatoms. The van der Waals surface area contributed by atoms with E-state index in [9.17, 15) is 0 Å². The maximum atomic E-state index is 8.62. The average molecular weight is 320 g/mol. The maximum Gasteiger partial charge on any atom is 0.110 e. The first-order valence-corrected chi connectivity index (χ1v) is 5.71. The van der Waals surface area contributed by atoms with Crippen LogP contribution in [-0.2, 0) is 0 Å². The Labute approximate surface area is 102 Å². The Morgan fingerprint density at radius 1 is 1.64 bits per heavy atom. The Hall–Kier alpha value is -0.400. The van der Waals surface area contributed by atoms with E-state index in [1.165, 1.54) is 6.20 Å².